The fraction of sp³-hybridized carbons (Fsp3) is 0.750. The summed E-state index contributed by atoms with van der Waals surface area (Å²) in [5, 5.41) is 1.71. The Hall–Kier alpha value is -0.0100. The lowest BCUT2D eigenvalue weighted by molar-refractivity contribution is -0.173. The van der Waals surface area contributed by atoms with Crippen LogP contribution in [0.1, 0.15) is 6.92 Å². The SMILES string of the molecule is CC(I)NC(=O)C(F)(F)F. The molecule has 0 saturated carbocycles. The molecule has 0 aromatic rings. The maximum Gasteiger partial charge on any atom is 0.471 e. The third-order valence-corrected chi connectivity index (χ3v) is 0.899. The van der Waals surface area contributed by atoms with Gasteiger partial charge in [-0.05, 0) is 6.92 Å². The molecule has 0 aliphatic carbocycles. The van der Waals surface area contributed by atoms with Crippen LogP contribution in [0.4, 0.5) is 13.2 Å². The Bertz CT molecular complexity index is 133. The molecule has 1 amide bonds. The summed E-state index contributed by atoms with van der Waals surface area (Å²) in [5.74, 6) is -1.89. The third kappa shape index (κ3) is 3.91. The summed E-state index contributed by atoms with van der Waals surface area (Å²) < 4.78 is 33.7. The topological polar surface area (TPSA) is 29.1 Å². The zero-order valence-corrected chi connectivity index (χ0v) is 7.15. The molecule has 2 nitrogen and oxygen atoms in total. The van der Waals surface area contributed by atoms with Crippen LogP contribution in [-0.4, -0.2) is 16.1 Å². The Labute approximate surface area is 69.3 Å². The highest BCUT2D eigenvalue weighted by Gasteiger charge is 2.38. The lowest BCUT2D eigenvalue weighted by atomic mass is 10.6. The lowest BCUT2D eigenvalue weighted by Crippen LogP contribution is -2.39. The van der Waals surface area contributed by atoms with E-state index in [0.29, 0.717) is 0 Å². The maximum atomic E-state index is 11.4. The van der Waals surface area contributed by atoms with E-state index >= 15 is 0 Å². The highest BCUT2D eigenvalue weighted by atomic mass is 127. The van der Waals surface area contributed by atoms with Crippen LogP contribution in [0, 0.1) is 0 Å². The highest BCUT2D eigenvalue weighted by molar-refractivity contribution is 14.1. The van der Waals surface area contributed by atoms with Gasteiger partial charge in [0, 0.05) is 0 Å². The normalized spacial score (nSPS) is 14.5. The molecule has 10 heavy (non-hydrogen) atoms. The van der Waals surface area contributed by atoms with Gasteiger partial charge in [0.2, 0.25) is 0 Å². The Kier molecular flexibility index (Phi) is 3.40. The average Bonchev–Trinajstić information content (AvgIpc) is 1.60. The zero-order chi connectivity index (χ0) is 8.36. The van der Waals surface area contributed by atoms with Gasteiger partial charge in [-0.1, -0.05) is 22.6 Å². The molecule has 1 atom stereocenters. The van der Waals surface area contributed by atoms with Crippen LogP contribution in [0.5, 0.6) is 0 Å². The number of hydrogen-bond acceptors (Lipinski definition) is 1. The molecule has 6 heteroatoms. The number of rotatable bonds is 1. The van der Waals surface area contributed by atoms with Crippen molar-refractivity contribution in [3.63, 3.8) is 0 Å². The van der Waals surface area contributed by atoms with Crippen molar-refractivity contribution in [1.29, 1.82) is 0 Å². The number of amides is 1. The minimum atomic E-state index is -4.76. The molecule has 0 bridgehead atoms. The van der Waals surface area contributed by atoms with E-state index in [-0.39, 0.29) is 0 Å². The standard InChI is InChI=1S/C4H5F3INO/c1-2(8)9-3(10)4(5,6)7/h2H,1H3,(H,9,10). The van der Waals surface area contributed by atoms with Crippen molar-refractivity contribution in [1.82, 2.24) is 5.32 Å². The van der Waals surface area contributed by atoms with Crippen molar-refractivity contribution in [2.75, 3.05) is 0 Å². The lowest BCUT2D eigenvalue weighted by Gasteiger charge is -2.08. The number of halogens is 4. The van der Waals surface area contributed by atoms with Crippen molar-refractivity contribution in [3.05, 3.63) is 0 Å². The summed E-state index contributed by atoms with van der Waals surface area (Å²) in [4.78, 5) is 10.0. The van der Waals surface area contributed by atoms with Gasteiger partial charge in [-0.3, -0.25) is 4.79 Å². The number of hydrogen-bond donors (Lipinski definition) is 1. The first-order valence-corrected chi connectivity index (χ1v) is 3.60. The van der Waals surface area contributed by atoms with Gasteiger partial charge in [-0.15, -0.1) is 0 Å². The van der Waals surface area contributed by atoms with E-state index in [1.807, 2.05) is 0 Å². The molecule has 0 aliphatic rings. The number of nitrogens with one attached hydrogen (secondary N) is 1. The Balaban J connectivity index is 3.87. The highest BCUT2D eigenvalue weighted by Crippen LogP contribution is 2.14. The molecule has 0 aromatic heterocycles. The molecular formula is C4H5F3INO. The summed E-state index contributed by atoms with van der Waals surface area (Å²) in [7, 11) is 0. The smallest absolute Gasteiger partial charge is 0.337 e. The largest absolute Gasteiger partial charge is 0.471 e. The van der Waals surface area contributed by atoms with Gasteiger partial charge in [0.05, 0.1) is 4.05 Å². The predicted octanol–water partition coefficient (Wildman–Crippen LogP) is 1.45. The second-order valence-electron chi connectivity index (χ2n) is 1.59. The van der Waals surface area contributed by atoms with Gasteiger partial charge in [0.1, 0.15) is 0 Å². The number of alkyl halides is 4. The van der Waals surface area contributed by atoms with Gasteiger partial charge >= 0.3 is 12.1 Å². The van der Waals surface area contributed by atoms with Gasteiger partial charge in [0.25, 0.3) is 0 Å². The first-order valence-electron chi connectivity index (χ1n) is 2.36. The van der Waals surface area contributed by atoms with Crippen LogP contribution in [0.25, 0.3) is 0 Å². The van der Waals surface area contributed by atoms with Crippen LogP contribution in [0.3, 0.4) is 0 Å². The Morgan fingerprint density at radius 2 is 2.00 bits per heavy atom. The van der Waals surface area contributed by atoms with Crippen LogP contribution in [0.2, 0.25) is 0 Å². The minimum Gasteiger partial charge on any atom is -0.337 e. The Morgan fingerprint density at radius 1 is 1.60 bits per heavy atom. The molecule has 0 saturated heterocycles. The van der Waals surface area contributed by atoms with Gasteiger partial charge in [0.15, 0.2) is 0 Å². The molecular weight excluding hydrogens is 262 g/mol. The molecule has 60 valence electrons. The average molecular weight is 267 g/mol. The predicted molar refractivity (Wildman–Crippen MR) is 37.7 cm³/mol. The molecule has 0 heterocycles. The quantitative estimate of drug-likeness (QED) is 0.435. The Morgan fingerprint density at radius 3 is 2.10 bits per heavy atom. The van der Waals surface area contributed by atoms with Crippen molar-refractivity contribution < 1.29 is 18.0 Å². The van der Waals surface area contributed by atoms with Crippen LogP contribution < -0.4 is 5.32 Å². The second kappa shape index (κ2) is 3.40. The van der Waals surface area contributed by atoms with Crippen LogP contribution in [0.15, 0.2) is 0 Å². The molecule has 1 N–H and O–H groups in total. The molecule has 0 aliphatic heterocycles. The first kappa shape index (κ1) is 9.99. The van der Waals surface area contributed by atoms with E-state index in [1.54, 1.807) is 27.9 Å². The number of carbonyl (C=O) groups excluding carboxylic acids is 1. The van der Waals surface area contributed by atoms with Crippen molar-refractivity contribution in [2.24, 2.45) is 0 Å². The van der Waals surface area contributed by atoms with E-state index in [4.69, 9.17) is 0 Å². The molecule has 0 radical (unpaired) electrons. The maximum absolute atomic E-state index is 11.4. The minimum absolute atomic E-state index is 0.508. The van der Waals surface area contributed by atoms with Crippen LogP contribution in [-0.2, 0) is 4.79 Å². The molecule has 1 unspecified atom stereocenters. The number of carbonyl (C=O) groups is 1. The summed E-state index contributed by atoms with van der Waals surface area (Å²) >= 11 is 1.67. The van der Waals surface area contributed by atoms with E-state index in [1.165, 1.54) is 6.92 Å². The molecule has 0 rings (SSSR count). The summed E-state index contributed by atoms with van der Waals surface area (Å²) in [5.41, 5.74) is 0. The first-order chi connectivity index (χ1) is 4.34. The fourth-order valence-electron chi connectivity index (χ4n) is 0.262. The van der Waals surface area contributed by atoms with E-state index in [9.17, 15) is 18.0 Å². The summed E-state index contributed by atoms with van der Waals surface area (Å²) in [6.07, 6.45) is -4.76. The van der Waals surface area contributed by atoms with Gasteiger partial charge in [-0.25, -0.2) is 0 Å². The third-order valence-electron chi connectivity index (χ3n) is 0.587. The van der Waals surface area contributed by atoms with Crippen molar-refractivity contribution in [2.45, 2.75) is 17.1 Å². The summed E-state index contributed by atoms with van der Waals surface area (Å²) in [6.45, 7) is 1.45. The van der Waals surface area contributed by atoms with Crippen molar-refractivity contribution in [3.8, 4) is 0 Å². The van der Waals surface area contributed by atoms with E-state index in [0.717, 1.165) is 0 Å². The summed E-state index contributed by atoms with van der Waals surface area (Å²) in [6, 6.07) is 0. The van der Waals surface area contributed by atoms with E-state index in [2.05, 4.69) is 0 Å². The van der Waals surface area contributed by atoms with Gasteiger partial charge in [-0.2, -0.15) is 13.2 Å². The molecule has 0 fully saturated rings. The van der Waals surface area contributed by atoms with Crippen molar-refractivity contribution >= 4 is 28.5 Å². The van der Waals surface area contributed by atoms with Crippen LogP contribution >= 0.6 is 22.6 Å². The molecule has 0 aromatic carbocycles. The zero-order valence-electron chi connectivity index (χ0n) is 5.00. The fourth-order valence-corrected chi connectivity index (χ4v) is 0.545. The van der Waals surface area contributed by atoms with E-state index < -0.39 is 16.1 Å². The van der Waals surface area contributed by atoms with Gasteiger partial charge < -0.3 is 5.32 Å². The monoisotopic (exact) mass is 267 g/mol. The molecule has 0 spiro atoms. The second-order valence-corrected chi connectivity index (χ2v) is 3.46.